The topological polar surface area (TPSA) is 61.8 Å². The first kappa shape index (κ1) is 17.2. The lowest BCUT2D eigenvalue weighted by atomic mass is 9.85. The SMILES string of the molecule is CCOc1ccccc1CNC1CC(N(CC(=O)O)CC2CC2)C1. The predicted molar refractivity (Wildman–Crippen MR) is 93.2 cm³/mol. The quantitative estimate of drug-likeness (QED) is 0.689. The summed E-state index contributed by atoms with van der Waals surface area (Å²) in [6.45, 7) is 4.61. The zero-order valence-electron chi connectivity index (χ0n) is 14.4. The highest BCUT2D eigenvalue weighted by Gasteiger charge is 2.36. The molecule has 132 valence electrons. The number of carbonyl (C=O) groups is 1. The first-order valence-electron chi connectivity index (χ1n) is 9.05. The summed E-state index contributed by atoms with van der Waals surface area (Å²) in [6.07, 6.45) is 4.60. The number of carboxylic acid groups (broad SMARTS) is 1. The molecule has 2 N–H and O–H groups in total. The number of aliphatic carboxylic acids is 1. The Morgan fingerprint density at radius 3 is 2.75 bits per heavy atom. The predicted octanol–water partition coefficient (Wildman–Crippen LogP) is 2.50. The molecule has 5 nitrogen and oxygen atoms in total. The summed E-state index contributed by atoms with van der Waals surface area (Å²) in [5.74, 6) is 0.969. The number of carboxylic acids is 1. The third kappa shape index (κ3) is 4.71. The molecule has 0 heterocycles. The van der Waals surface area contributed by atoms with Crippen molar-refractivity contribution in [2.24, 2.45) is 5.92 Å². The van der Waals surface area contributed by atoms with Crippen LogP contribution in [0, 0.1) is 5.92 Å². The summed E-state index contributed by atoms with van der Waals surface area (Å²) in [7, 11) is 0. The van der Waals surface area contributed by atoms with Crippen molar-refractivity contribution in [3.63, 3.8) is 0 Å². The zero-order chi connectivity index (χ0) is 16.9. The van der Waals surface area contributed by atoms with Crippen molar-refractivity contribution in [1.82, 2.24) is 10.2 Å². The molecule has 1 aromatic rings. The standard InChI is InChI=1S/C19H28N2O3/c1-2-24-18-6-4-3-5-15(18)11-20-16-9-17(10-16)21(13-19(22)23)12-14-7-8-14/h3-6,14,16-17,20H,2,7-13H2,1H3,(H,22,23). The van der Waals surface area contributed by atoms with Gasteiger partial charge in [0.2, 0.25) is 0 Å². The Morgan fingerprint density at radius 2 is 2.08 bits per heavy atom. The zero-order valence-corrected chi connectivity index (χ0v) is 14.4. The van der Waals surface area contributed by atoms with E-state index in [1.54, 1.807) is 0 Å². The molecule has 0 atom stereocenters. The van der Waals surface area contributed by atoms with E-state index in [4.69, 9.17) is 9.84 Å². The Labute approximate surface area is 144 Å². The largest absolute Gasteiger partial charge is 0.494 e. The minimum atomic E-state index is -0.710. The molecule has 0 bridgehead atoms. The van der Waals surface area contributed by atoms with Crippen molar-refractivity contribution in [3.05, 3.63) is 29.8 Å². The molecule has 0 aliphatic heterocycles. The Balaban J connectivity index is 1.45. The maximum Gasteiger partial charge on any atom is 0.317 e. The van der Waals surface area contributed by atoms with Crippen LogP contribution in [0.1, 0.15) is 38.2 Å². The fraction of sp³-hybridized carbons (Fsp3) is 0.632. The highest BCUT2D eigenvalue weighted by Crippen LogP contribution is 2.34. The normalized spacial score (nSPS) is 23.1. The highest BCUT2D eigenvalue weighted by atomic mass is 16.5. The number of hydrogen-bond donors (Lipinski definition) is 2. The molecular formula is C19H28N2O3. The number of ether oxygens (including phenoxy) is 1. The molecular weight excluding hydrogens is 304 g/mol. The second-order valence-electron chi connectivity index (χ2n) is 7.01. The van der Waals surface area contributed by atoms with Crippen molar-refractivity contribution in [2.75, 3.05) is 19.7 Å². The molecule has 0 radical (unpaired) electrons. The number of nitrogens with zero attached hydrogens (tertiary/aromatic N) is 1. The van der Waals surface area contributed by atoms with Crippen molar-refractivity contribution in [3.8, 4) is 5.75 Å². The Bertz CT molecular complexity index is 553. The molecule has 0 spiro atoms. The van der Waals surface area contributed by atoms with Crippen LogP contribution in [-0.4, -0.2) is 47.8 Å². The minimum Gasteiger partial charge on any atom is -0.494 e. The van der Waals surface area contributed by atoms with Gasteiger partial charge in [-0.1, -0.05) is 18.2 Å². The van der Waals surface area contributed by atoms with E-state index in [0.717, 1.165) is 37.6 Å². The molecule has 2 aliphatic rings. The molecule has 24 heavy (non-hydrogen) atoms. The number of benzene rings is 1. The smallest absolute Gasteiger partial charge is 0.317 e. The fourth-order valence-electron chi connectivity index (χ4n) is 3.40. The average Bonchev–Trinajstić information content (AvgIpc) is 3.30. The number of rotatable bonds is 10. The number of hydrogen-bond acceptors (Lipinski definition) is 4. The molecule has 2 saturated carbocycles. The van der Waals surface area contributed by atoms with Crippen LogP contribution >= 0.6 is 0 Å². The van der Waals surface area contributed by atoms with E-state index < -0.39 is 5.97 Å². The average molecular weight is 332 g/mol. The summed E-state index contributed by atoms with van der Waals surface area (Å²) in [6, 6.07) is 9.02. The van der Waals surface area contributed by atoms with Gasteiger partial charge in [0.15, 0.2) is 0 Å². The molecule has 2 fully saturated rings. The van der Waals surface area contributed by atoms with Gasteiger partial charge in [-0.3, -0.25) is 9.69 Å². The summed E-state index contributed by atoms with van der Waals surface area (Å²) in [5, 5.41) is 12.7. The van der Waals surface area contributed by atoms with Gasteiger partial charge >= 0.3 is 5.97 Å². The molecule has 0 amide bonds. The van der Waals surface area contributed by atoms with Crippen LogP contribution in [0.25, 0.3) is 0 Å². The van der Waals surface area contributed by atoms with Gasteiger partial charge in [-0.05, 0) is 44.6 Å². The molecule has 5 heteroatoms. The first-order valence-corrected chi connectivity index (χ1v) is 9.05. The van der Waals surface area contributed by atoms with Gasteiger partial charge in [0.05, 0.1) is 13.2 Å². The van der Waals surface area contributed by atoms with E-state index in [9.17, 15) is 4.79 Å². The van der Waals surface area contributed by atoms with Gasteiger partial charge in [-0.2, -0.15) is 0 Å². The van der Waals surface area contributed by atoms with E-state index in [2.05, 4.69) is 16.3 Å². The highest BCUT2D eigenvalue weighted by molar-refractivity contribution is 5.69. The van der Waals surface area contributed by atoms with Gasteiger partial charge in [-0.25, -0.2) is 0 Å². The molecule has 0 aromatic heterocycles. The number of nitrogens with one attached hydrogen (secondary N) is 1. The van der Waals surface area contributed by atoms with E-state index in [0.29, 0.717) is 18.7 Å². The Morgan fingerprint density at radius 1 is 1.33 bits per heavy atom. The van der Waals surface area contributed by atoms with E-state index in [1.165, 1.54) is 18.4 Å². The second-order valence-corrected chi connectivity index (χ2v) is 7.01. The summed E-state index contributed by atoms with van der Waals surface area (Å²) < 4.78 is 5.66. The van der Waals surface area contributed by atoms with E-state index in [-0.39, 0.29) is 6.54 Å². The molecule has 3 rings (SSSR count). The third-order valence-electron chi connectivity index (χ3n) is 5.01. The van der Waals surface area contributed by atoms with Crippen molar-refractivity contribution in [2.45, 2.75) is 51.2 Å². The number of para-hydroxylation sites is 1. The minimum absolute atomic E-state index is 0.182. The van der Waals surface area contributed by atoms with Crippen molar-refractivity contribution in [1.29, 1.82) is 0 Å². The molecule has 0 unspecified atom stereocenters. The molecule has 0 saturated heterocycles. The van der Waals surface area contributed by atoms with Crippen molar-refractivity contribution < 1.29 is 14.6 Å². The summed E-state index contributed by atoms with van der Waals surface area (Å²) >= 11 is 0. The first-order chi connectivity index (χ1) is 11.7. The molecule has 2 aliphatic carbocycles. The maximum atomic E-state index is 11.1. The summed E-state index contributed by atoms with van der Waals surface area (Å²) in [4.78, 5) is 13.2. The van der Waals surface area contributed by atoms with Crippen LogP contribution in [-0.2, 0) is 11.3 Å². The van der Waals surface area contributed by atoms with Gasteiger partial charge in [-0.15, -0.1) is 0 Å². The second kappa shape index (κ2) is 7.99. The van der Waals surface area contributed by atoms with Crippen LogP contribution in [0.3, 0.4) is 0 Å². The Hall–Kier alpha value is -1.59. The van der Waals surface area contributed by atoms with E-state index >= 15 is 0 Å². The van der Waals surface area contributed by atoms with E-state index in [1.807, 2.05) is 25.1 Å². The lowest BCUT2D eigenvalue weighted by Gasteiger charge is -2.43. The summed E-state index contributed by atoms with van der Waals surface area (Å²) in [5.41, 5.74) is 1.18. The third-order valence-corrected chi connectivity index (χ3v) is 5.01. The lowest BCUT2D eigenvalue weighted by Crippen LogP contribution is -2.54. The van der Waals surface area contributed by atoms with Crippen LogP contribution < -0.4 is 10.1 Å². The van der Waals surface area contributed by atoms with Gasteiger partial charge in [0, 0.05) is 30.7 Å². The molecule has 1 aromatic carbocycles. The maximum absolute atomic E-state index is 11.1. The fourth-order valence-corrected chi connectivity index (χ4v) is 3.40. The Kier molecular flexibility index (Phi) is 5.74. The van der Waals surface area contributed by atoms with Gasteiger partial charge < -0.3 is 15.2 Å². The van der Waals surface area contributed by atoms with Crippen LogP contribution in [0.5, 0.6) is 5.75 Å². The van der Waals surface area contributed by atoms with Crippen LogP contribution in [0.2, 0.25) is 0 Å². The van der Waals surface area contributed by atoms with Gasteiger partial charge in [0.25, 0.3) is 0 Å². The van der Waals surface area contributed by atoms with Crippen LogP contribution in [0.4, 0.5) is 0 Å². The van der Waals surface area contributed by atoms with Crippen molar-refractivity contribution >= 4 is 5.97 Å². The monoisotopic (exact) mass is 332 g/mol. The van der Waals surface area contributed by atoms with Crippen LogP contribution in [0.15, 0.2) is 24.3 Å². The lowest BCUT2D eigenvalue weighted by molar-refractivity contribution is -0.139. The van der Waals surface area contributed by atoms with Gasteiger partial charge in [0.1, 0.15) is 5.75 Å².